The van der Waals surface area contributed by atoms with E-state index < -0.39 is 0 Å². The van der Waals surface area contributed by atoms with Gasteiger partial charge < -0.3 is 9.80 Å². The van der Waals surface area contributed by atoms with Crippen LogP contribution in [0.25, 0.3) is 0 Å². The quantitative estimate of drug-likeness (QED) is 0.784. The van der Waals surface area contributed by atoms with E-state index in [0.29, 0.717) is 17.9 Å². The first kappa shape index (κ1) is 14.8. The predicted octanol–water partition coefficient (Wildman–Crippen LogP) is 2.76. The summed E-state index contributed by atoms with van der Waals surface area (Å²) in [5.74, 6) is 1.60. The van der Waals surface area contributed by atoms with Gasteiger partial charge in [0.1, 0.15) is 0 Å². The van der Waals surface area contributed by atoms with Crippen LogP contribution in [-0.4, -0.2) is 47.9 Å². The van der Waals surface area contributed by atoms with Crippen LogP contribution in [0.4, 0.5) is 0 Å². The Morgan fingerprint density at radius 2 is 1.63 bits per heavy atom. The Labute approximate surface area is 118 Å². The Balaban J connectivity index is 1.78. The van der Waals surface area contributed by atoms with Gasteiger partial charge in [-0.15, -0.1) is 0 Å². The van der Waals surface area contributed by atoms with E-state index >= 15 is 0 Å². The molecule has 0 saturated carbocycles. The van der Waals surface area contributed by atoms with Gasteiger partial charge in [-0.05, 0) is 58.5 Å². The second-order valence-electron chi connectivity index (χ2n) is 6.58. The molecule has 0 N–H and O–H groups in total. The molecule has 2 fully saturated rings. The molecule has 2 aliphatic rings. The molecule has 0 unspecified atom stereocenters. The summed E-state index contributed by atoms with van der Waals surface area (Å²) in [6.07, 6.45) is 5.82. The Morgan fingerprint density at radius 3 is 2.11 bits per heavy atom. The first-order chi connectivity index (χ1) is 9.11. The lowest BCUT2D eigenvalue weighted by molar-refractivity contribution is -0.138. The van der Waals surface area contributed by atoms with Crippen LogP contribution in [0.3, 0.4) is 0 Å². The first-order valence-electron chi connectivity index (χ1n) is 8.14. The van der Waals surface area contributed by atoms with Crippen LogP contribution in [0, 0.1) is 11.8 Å². The van der Waals surface area contributed by atoms with Crippen LogP contribution in [0.1, 0.15) is 52.9 Å². The molecule has 0 atom stereocenters. The van der Waals surface area contributed by atoms with Gasteiger partial charge in [-0.3, -0.25) is 4.79 Å². The molecule has 19 heavy (non-hydrogen) atoms. The molecule has 1 amide bonds. The molecule has 0 aliphatic carbocycles. The molecule has 0 bridgehead atoms. The molecule has 0 aromatic rings. The predicted molar refractivity (Wildman–Crippen MR) is 79.0 cm³/mol. The number of likely N-dealkylation sites (tertiary alicyclic amines) is 2. The summed E-state index contributed by atoms with van der Waals surface area (Å²) in [4.78, 5) is 17.2. The summed E-state index contributed by atoms with van der Waals surface area (Å²) < 4.78 is 0. The van der Waals surface area contributed by atoms with Crippen molar-refractivity contribution in [3.63, 3.8) is 0 Å². The molecule has 0 spiro atoms. The number of nitrogens with zero attached hydrogens (tertiary/aromatic N) is 2. The molecule has 2 saturated heterocycles. The Bertz CT molecular complexity index is 287. The third-order valence-corrected chi connectivity index (χ3v) is 5.11. The lowest BCUT2D eigenvalue weighted by atomic mass is 9.91. The van der Waals surface area contributed by atoms with Gasteiger partial charge in [0.15, 0.2) is 0 Å². The smallest absolute Gasteiger partial charge is 0.225 e. The average Bonchev–Trinajstić information content (AvgIpc) is 2.46. The van der Waals surface area contributed by atoms with Crippen LogP contribution in [0.15, 0.2) is 0 Å². The SMILES string of the molecule is CCC1CCN(C(=O)C2CCN(C(C)C)CC2)CC1. The highest BCUT2D eigenvalue weighted by atomic mass is 16.2. The topological polar surface area (TPSA) is 23.6 Å². The summed E-state index contributed by atoms with van der Waals surface area (Å²) in [5, 5.41) is 0. The van der Waals surface area contributed by atoms with Gasteiger partial charge in [0.05, 0.1) is 0 Å². The van der Waals surface area contributed by atoms with Crippen molar-refractivity contribution in [1.29, 1.82) is 0 Å². The van der Waals surface area contributed by atoms with Crippen LogP contribution in [-0.2, 0) is 4.79 Å². The number of carbonyl (C=O) groups excluding carboxylic acids is 1. The van der Waals surface area contributed by atoms with Crippen molar-refractivity contribution in [2.24, 2.45) is 11.8 Å². The van der Waals surface area contributed by atoms with Crippen molar-refractivity contribution < 1.29 is 4.79 Å². The molecular formula is C16H30N2O. The van der Waals surface area contributed by atoms with Crippen LogP contribution < -0.4 is 0 Å². The van der Waals surface area contributed by atoms with E-state index in [9.17, 15) is 4.79 Å². The minimum absolute atomic E-state index is 0.299. The van der Waals surface area contributed by atoms with Gasteiger partial charge in [0.25, 0.3) is 0 Å². The number of piperidine rings is 2. The highest BCUT2D eigenvalue weighted by Crippen LogP contribution is 2.25. The lowest BCUT2D eigenvalue weighted by Crippen LogP contribution is -2.46. The Morgan fingerprint density at radius 1 is 1.05 bits per heavy atom. The van der Waals surface area contributed by atoms with Crippen molar-refractivity contribution in [3.05, 3.63) is 0 Å². The maximum absolute atomic E-state index is 12.5. The van der Waals surface area contributed by atoms with Crippen molar-refractivity contribution in [2.75, 3.05) is 26.2 Å². The zero-order chi connectivity index (χ0) is 13.8. The molecule has 110 valence electrons. The van der Waals surface area contributed by atoms with Gasteiger partial charge in [-0.2, -0.15) is 0 Å². The maximum atomic E-state index is 12.5. The summed E-state index contributed by atoms with van der Waals surface area (Å²) in [7, 11) is 0. The number of rotatable bonds is 3. The van der Waals surface area contributed by atoms with Crippen molar-refractivity contribution in [3.8, 4) is 0 Å². The van der Waals surface area contributed by atoms with E-state index in [1.54, 1.807) is 0 Å². The fourth-order valence-corrected chi connectivity index (χ4v) is 3.48. The molecule has 2 heterocycles. The number of amides is 1. The average molecular weight is 266 g/mol. The maximum Gasteiger partial charge on any atom is 0.225 e. The van der Waals surface area contributed by atoms with Crippen molar-refractivity contribution >= 4 is 5.91 Å². The van der Waals surface area contributed by atoms with E-state index in [-0.39, 0.29) is 0 Å². The molecule has 2 rings (SSSR count). The second-order valence-corrected chi connectivity index (χ2v) is 6.58. The minimum atomic E-state index is 0.299. The van der Waals surface area contributed by atoms with E-state index in [1.807, 2.05) is 0 Å². The largest absolute Gasteiger partial charge is 0.342 e. The van der Waals surface area contributed by atoms with Crippen molar-refractivity contribution in [2.45, 2.75) is 58.9 Å². The Kier molecular flexibility index (Phi) is 5.26. The van der Waals surface area contributed by atoms with Gasteiger partial charge in [0.2, 0.25) is 5.91 Å². The van der Waals surface area contributed by atoms with Gasteiger partial charge in [0, 0.05) is 25.0 Å². The van der Waals surface area contributed by atoms with E-state index in [4.69, 9.17) is 0 Å². The lowest BCUT2D eigenvalue weighted by Gasteiger charge is -2.38. The zero-order valence-electron chi connectivity index (χ0n) is 12.9. The van der Waals surface area contributed by atoms with E-state index in [2.05, 4.69) is 30.6 Å². The second kappa shape index (κ2) is 6.74. The number of hydrogen-bond donors (Lipinski definition) is 0. The Hall–Kier alpha value is -0.570. The third kappa shape index (κ3) is 3.71. The summed E-state index contributed by atoms with van der Waals surface area (Å²) in [5.41, 5.74) is 0. The first-order valence-corrected chi connectivity index (χ1v) is 8.14. The standard InChI is InChI=1S/C16H30N2O/c1-4-14-5-9-18(10-6-14)16(19)15-7-11-17(12-8-15)13(2)3/h13-15H,4-12H2,1-3H3. The van der Waals surface area contributed by atoms with Crippen LogP contribution in [0.2, 0.25) is 0 Å². The highest BCUT2D eigenvalue weighted by Gasteiger charge is 2.30. The summed E-state index contributed by atoms with van der Waals surface area (Å²) in [6.45, 7) is 11.0. The molecule has 0 radical (unpaired) electrons. The number of carbonyl (C=O) groups is 1. The summed E-state index contributed by atoms with van der Waals surface area (Å²) in [6, 6.07) is 0.622. The monoisotopic (exact) mass is 266 g/mol. The number of hydrogen-bond acceptors (Lipinski definition) is 2. The zero-order valence-corrected chi connectivity index (χ0v) is 12.9. The van der Waals surface area contributed by atoms with Crippen LogP contribution in [0.5, 0.6) is 0 Å². The molecular weight excluding hydrogens is 236 g/mol. The molecule has 2 aliphatic heterocycles. The van der Waals surface area contributed by atoms with Gasteiger partial charge >= 0.3 is 0 Å². The third-order valence-electron chi connectivity index (χ3n) is 5.11. The molecule has 3 heteroatoms. The molecule has 0 aromatic heterocycles. The fourth-order valence-electron chi connectivity index (χ4n) is 3.48. The molecule has 3 nitrogen and oxygen atoms in total. The minimum Gasteiger partial charge on any atom is -0.342 e. The normalized spacial score (nSPS) is 24.1. The molecule has 0 aromatic carbocycles. The van der Waals surface area contributed by atoms with E-state index in [1.165, 1.54) is 19.3 Å². The van der Waals surface area contributed by atoms with Gasteiger partial charge in [-0.1, -0.05) is 13.3 Å². The fraction of sp³-hybridized carbons (Fsp3) is 0.938. The highest BCUT2D eigenvalue weighted by molar-refractivity contribution is 5.79. The van der Waals surface area contributed by atoms with E-state index in [0.717, 1.165) is 44.9 Å². The van der Waals surface area contributed by atoms with Crippen molar-refractivity contribution in [1.82, 2.24) is 9.80 Å². The van der Waals surface area contributed by atoms with Crippen LogP contribution >= 0.6 is 0 Å². The van der Waals surface area contributed by atoms with Gasteiger partial charge in [-0.25, -0.2) is 0 Å². The summed E-state index contributed by atoms with van der Waals surface area (Å²) >= 11 is 0.